The van der Waals surface area contributed by atoms with Crippen LogP contribution in [0, 0.1) is 6.92 Å². The van der Waals surface area contributed by atoms with Gasteiger partial charge in [-0.2, -0.15) is 13.2 Å². The van der Waals surface area contributed by atoms with Crippen LogP contribution in [-0.2, 0) is 17.5 Å². The largest absolute Gasteiger partial charge is 0.436 e. The summed E-state index contributed by atoms with van der Waals surface area (Å²) in [4.78, 5) is 29.0. The zero-order chi connectivity index (χ0) is 22.9. The topological polar surface area (TPSA) is 90.5 Å². The highest BCUT2D eigenvalue weighted by Gasteiger charge is 2.30. The van der Waals surface area contributed by atoms with Crippen molar-refractivity contribution >= 4 is 17.2 Å². The Labute approximate surface area is 178 Å². The maximum atomic E-state index is 12.8. The van der Waals surface area contributed by atoms with Crippen LogP contribution in [0.15, 0.2) is 65.7 Å². The molecule has 11 heteroatoms. The molecule has 0 aliphatic carbocycles. The van der Waals surface area contributed by atoms with E-state index in [1.807, 2.05) is 19.1 Å². The van der Waals surface area contributed by atoms with Crippen molar-refractivity contribution < 1.29 is 22.7 Å². The molecule has 0 saturated carbocycles. The number of fused-ring (bicyclic) bond motifs is 1. The van der Waals surface area contributed by atoms with Crippen LogP contribution in [-0.4, -0.2) is 25.1 Å². The zero-order valence-corrected chi connectivity index (χ0v) is 16.6. The SMILES string of the molecule is Cc1ccc(Oc2nccn3c(=O)n(CC(=O)Nc4cccc(C(F)(F)F)c4)nc23)cc1. The van der Waals surface area contributed by atoms with E-state index in [1.165, 1.54) is 24.5 Å². The molecule has 4 rings (SSSR count). The molecule has 0 fully saturated rings. The molecular weight excluding hydrogens is 427 g/mol. The average molecular weight is 443 g/mol. The lowest BCUT2D eigenvalue weighted by molar-refractivity contribution is -0.137. The molecule has 8 nitrogen and oxygen atoms in total. The number of halogens is 3. The van der Waals surface area contributed by atoms with Crippen LogP contribution < -0.4 is 15.7 Å². The molecule has 1 amide bonds. The standard InChI is InChI=1S/C21H16F3N5O3/c1-13-5-7-16(8-6-13)32-19-18-27-29(20(31)28(18)10-9-25-19)12-17(30)26-15-4-2-3-14(11-15)21(22,23)24/h2-11H,12H2,1H3,(H,26,30). The third-order valence-corrected chi connectivity index (χ3v) is 4.47. The average Bonchev–Trinajstić information content (AvgIpc) is 3.06. The molecule has 32 heavy (non-hydrogen) atoms. The molecule has 0 saturated heterocycles. The number of hydrogen-bond donors (Lipinski definition) is 1. The molecule has 1 N–H and O–H groups in total. The zero-order valence-electron chi connectivity index (χ0n) is 16.6. The van der Waals surface area contributed by atoms with Gasteiger partial charge in [0.2, 0.25) is 11.6 Å². The fraction of sp³-hybridized carbons (Fsp3) is 0.143. The molecule has 0 aliphatic rings. The first-order valence-electron chi connectivity index (χ1n) is 9.36. The highest BCUT2D eigenvalue weighted by Crippen LogP contribution is 2.30. The van der Waals surface area contributed by atoms with E-state index >= 15 is 0 Å². The van der Waals surface area contributed by atoms with Gasteiger partial charge in [-0.05, 0) is 37.3 Å². The van der Waals surface area contributed by atoms with Gasteiger partial charge in [0, 0.05) is 18.1 Å². The number of nitrogens with one attached hydrogen (secondary N) is 1. The molecule has 2 aromatic heterocycles. The van der Waals surface area contributed by atoms with Crippen molar-refractivity contribution in [2.24, 2.45) is 0 Å². The fourth-order valence-corrected chi connectivity index (χ4v) is 2.93. The summed E-state index contributed by atoms with van der Waals surface area (Å²) in [6.07, 6.45) is -1.82. The number of carbonyl (C=O) groups excluding carboxylic acids is 1. The van der Waals surface area contributed by atoms with E-state index in [9.17, 15) is 22.8 Å². The van der Waals surface area contributed by atoms with Gasteiger partial charge in [-0.15, -0.1) is 5.10 Å². The Hall–Kier alpha value is -4.15. The van der Waals surface area contributed by atoms with E-state index < -0.39 is 29.9 Å². The number of benzene rings is 2. The Morgan fingerprint density at radius 2 is 1.91 bits per heavy atom. The van der Waals surface area contributed by atoms with Gasteiger partial charge in [-0.1, -0.05) is 23.8 Å². The lowest BCUT2D eigenvalue weighted by Gasteiger charge is -2.09. The normalized spacial score (nSPS) is 11.5. The van der Waals surface area contributed by atoms with E-state index in [1.54, 1.807) is 12.1 Å². The number of nitrogens with zero attached hydrogens (tertiary/aromatic N) is 4. The number of hydrogen-bond acceptors (Lipinski definition) is 5. The number of carbonyl (C=O) groups is 1. The van der Waals surface area contributed by atoms with Gasteiger partial charge in [-0.3, -0.25) is 4.79 Å². The summed E-state index contributed by atoms with van der Waals surface area (Å²) < 4.78 is 46.3. The minimum Gasteiger partial charge on any atom is -0.436 e. The van der Waals surface area contributed by atoms with Crippen LogP contribution in [0.5, 0.6) is 11.6 Å². The lowest BCUT2D eigenvalue weighted by Crippen LogP contribution is -2.28. The van der Waals surface area contributed by atoms with Crippen molar-refractivity contribution in [3.05, 3.63) is 82.5 Å². The maximum Gasteiger partial charge on any atom is 0.416 e. The molecule has 0 aliphatic heterocycles. The molecule has 4 aromatic rings. The monoisotopic (exact) mass is 443 g/mol. The molecule has 0 atom stereocenters. The predicted octanol–water partition coefficient (Wildman–Crippen LogP) is 3.65. The number of amides is 1. The first-order chi connectivity index (χ1) is 15.2. The summed E-state index contributed by atoms with van der Waals surface area (Å²) in [6, 6.07) is 11.4. The Bertz CT molecular complexity index is 1340. The number of aryl methyl sites for hydroxylation is 1. The van der Waals surface area contributed by atoms with Crippen LogP contribution in [0.4, 0.5) is 18.9 Å². The van der Waals surface area contributed by atoms with Crippen LogP contribution in [0.1, 0.15) is 11.1 Å². The van der Waals surface area contributed by atoms with Crippen molar-refractivity contribution in [1.82, 2.24) is 19.2 Å². The van der Waals surface area contributed by atoms with Crippen LogP contribution in [0.2, 0.25) is 0 Å². The van der Waals surface area contributed by atoms with Gasteiger partial charge >= 0.3 is 11.9 Å². The molecule has 0 unspecified atom stereocenters. The summed E-state index contributed by atoms with van der Waals surface area (Å²) in [5, 5.41) is 6.44. The maximum absolute atomic E-state index is 12.8. The second-order valence-corrected chi connectivity index (χ2v) is 6.91. The van der Waals surface area contributed by atoms with E-state index in [0.29, 0.717) is 5.75 Å². The Morgan fingerprint density at radius 1 is 1.16 bits per heavy atom. The van der Waals surface area contributed by atoms with Crippen molar-refractivity contribution in [3.8, 4) is 11.6 Å². The summed E-state index contributed by atoms with van der Waals surface area (Å²) in [5.74, 6) is -0.172. The minimum atomic E-state index is -4.54. The van der Waals surface area contributed by atoms with E-state index in [0.717, 1.165) is 26.8 Å². The van der Waals surface area contributed by atoms with Gasteiger partial charge in [0.1, 0.15) is 12.3 Å². The van der Waals surface area contributed by atoms with E-state index in [2.05, 4.69) is 15.4 Å². The Balaban J connectivity index is 1.56. The third kappa shape index (κ3) is 4.46. The smallest absolute Gasteiger partial charge is 0.416 e. The minimum absolute atomic E-state index is 0.0494. The predicted molar refractivity (Wildman–Crippen MR) is 109 cm³/mol. The molecule has 0 bridgehead atoms. The summed E-state index contributed by atoms with van der Waals surface area (Å²) in [7, 11) is 0. The van der Waals surface area contributed by atoms with Gasteiger partial charge in [0.15, 0.2) is 0 Å². The number of alkyl halides is 3. The second-order valence-electron chi connectivity index (χ2n) is 6.91. The van der Waals surface area contributed by atoms with Crippen LogP contribution in [0.25, 0.3) is 5.65 Å². The molecular formula is C21H16F3N5O3. The highest BCUT2D eigenvalue weighted by atomic mass is 19.4. The first-order valence-corrected chi connectivity index (χ1v) is 9.36. The number of rotatable bonds is 5. The van der Waals surface area contributed by atoms with E-state index in [4.69, 9.17) is 4.74 Å². The molecule has 0 spiro atoms. The number of ether oxygens (including phenoxy) is 1. The Morgan fingerprint density at radius 3 is 2.62 bits per heavy atom. The summed E-state index contributed by atoms with van der Waals surface area (Å²) >= 11 is 0. The van der Waals surface area contributed by atoms with E-state index in [-0.39, 0.29) is 17.2 Å². The molecule has 164 valence electrons. The first kappa shape index (κ1) is 21.1. The molecule has 2 heterocycles. The van der Waals surface area contributed by atoms with Crippen molar-refractivity contribution in [3.63, 3.8) is 0 Å². The molecule has 2 aromatic carbocycles. The van der Waals surface area contributed by atoms with Crippen molar-refractivity contribution in [1.29, 1.82) is 0 Å². The lowest BCUT2D eigenvalue weighted by atomic mass is 10.2. The fourth-order valence-electron chi connectivity index (χ4n) is 2.93. The van der Waals surface area contributed by atoms with Crippen molar-refractivity contribution in [2.75, 3.05) is 5.32 Å². The van der Waals surface area contributed by atoms with Crippen LogP contribution in [0.3, 0.4) is 0 Å². The summed E-state index contributed by atoms with van der Waals surface area (Å²) in [6.45, 7) is 1.41. The third-order valence-electron chi connectivity index (χ3n) is 4.47. The van der Waals surface area contributed by atoms with Gasteiger partial charge in [0.25, 0.3) is 5.88 Å². The van der Waals surface area contributed by atoms with Crippen molar-refractivity contribution in [2.45, 2.75) is 19.6 Å². The number of aromatic nitrogens is 4. The number of anilines is 1. The van der Waals surface area contributed by atoms with Gasteiger partial charge < -0.3 is 10.1 Å². The second kappa shape index (κ2) is 8.17. The summed E-state index contributed by atoms with van der Waals surface area (Å²) in [5.41, 5.74) is -0.452. The van der Waals surface area contributed by atoms with Gasteiger partial charge in [0.05, 0.1) is 5.56 Å². The van der Waals surface area contributed by atoms with Crippen LogP contribution >= 0.6 is 0 Å². The quantitative estimate of drug-likeness (QED) is 0.509. The van der Waals surface area contributed by atoms with Gasteiger partial charge in [-0.25, -0.2) is 18.9 Å². The highest BCUT2D eigenvalue weighted by molar-refractivity contribution is 5.90. The molecule has 0 radical (unpaired) electrons. The Kier molecular flexibility index (Phi) is 5.39.